The Morgan fingerprint density at radius 3 is 1.39 bits per heavy atom. The third-order valence-corrected chi connectivity index (χ3v) is 8.51. The summed E-state index contributed by atoms with van der Waals surface area (Å²) in [6.07, 6.45) is 34.8. The molecule has 0 amide bonds. The van der Waals surface area contributed by atoms with Crippen LogP contribution >= 0.6 is 7.82 Å². The summed E-state index contributed by atoms with van der Waals surface area (Å²) in [6.45, 7) is 1.85. The van der Waals surface area contributed by atoms with Crippen molar-refractivity contribution in [1.82, 2.24) is 0 Å². The smallest absolute Gasteiger partial charge is 0.457 e. The number of allylic oxidation sites excluding steroid dienone is 8. The van der Waals surface area contributed by atoms with E-state index in [1.54, 1.807) is 0 Å². The van der Waals surface area contributed by atoms with Crippen LogP contribution in [0.15, 0.2) is 48.6 Å². The van der Waals surface area contributed by atoms with Gasteiger partial charge in [0, 0.05) is 12.8 Å². The molecule has 49 heavy (non-hydrogen) atoms. The molecule has 0 fully saturated rings. The number of aliphatic hydroxyl groups excluding tert-OH is 2. The maximum atomic E-state index is 12.2. The Labute approximate surface area is 296 Å². The van der Waals surface area contributed by atoms with E-state index in [1.165, 1.54) is 38.5 Å². The molecule has 0 aromatic carbocycles. The van der Waals surface area contributed by atoms with Gasteiger partial charge in [-0.25, -0.2) is 4.57 Å². The number of phosphoric acid groups is 1. The average Bonchev–Trinajstić information content (AvgIpc) is 3.08. The molecule has 0 aliphatic carbocycles. The standard InChI is InChI=1S/C38H67O10P/c1-3-5-7-8-9-10-11-12-13-14-15-16-17-18-19-20-21-22-23-24-25-26-28-30-38(42)48-36(32-40)34-46-49(43,44)45-33-35(31-39)47-37(41)29-27-6-4-2/h5,7,9-10,12-13,15-16,35-36,39-40H,3-4,6,8,11,14,17-34H2,1-2H3,(H,43,44)/b7-5-,10-9-,13-12-,16-15-. The van der Waals surface area contributed by atoms with Gasteiger partial charge in [-0.05, 0) is 51.4 Å². The summed E-state index contributed by atoms with van der Waals surface area (Å²) >= 11 is 0. The molecule has 284 valence electrons. The number of carbonyl (C=O) groups excluding carboxylic acids is 2. The van der Waals surface area contributed by atoms with Crippen molar-refractivity contribution in [3.8, 4) is 0 Å². The van der Waals surface area contributed by atoms with Gasteiger partial charge in [-0.15, -0.1) is 0 Å². The van der Waals surface area contributed by atoms with Crippen LogP contribution in [0.4, 0.5) is 0 Å². The lowest BCUT2D eigenvalue weighted by Gasteiger charge is -2.20. The summed E-state index contributed by atoms with van der Waals surface area (Å²) < 4.78 is 32.0. The lowest BCUT2D eigenvalue weighted by Crippen LogP contribution is -2.28. The minimum atomic E-state index is -4.61. The molecule has 0 saturated carbocycles. The fourth-order valence-electron chi connectivity index (χ4n) is 4.69. The molecule has 0 aromatic rings. The predicted molar refractivity (Wildman–Crippen MR) is 196 cm³/mol. The zero-order valence-corrected chi connectivity index (χ0v) is 31.3. The quantitative estimate of drug-likeness (QED) is 0.0255. The molecule has 0 aliphatic heterocycles. The summed E-state index contributed by atoms with van der Waals surface area (Å²) in [4.78, 5) is 33.9. The molecule has 0 heterocycles. The van der Waals surface area contributed by atoms with Crippen LogP contribution < -0.4 is 0 Å². The monoisotopic (exact) mass is 714 g/mol. The molecular weight excluding hydrogens is 647 g/mol. The van der Waals surface area contributed by atoms with E-state index in [9.17, 15) is 29.3 Å². The summed E-state index contributed by atoms with van der Waals surface area (Å²) in [5, 5.41) is 18.9. The Balaban J connectivity index is 3.82. The first-order valence-electron chi connectivity index (χ1n) is 18.6. The van der Waals surface area contributed by atoms with Crippen LogP contribution in [0.3, 0.4) is 0 Å². The number of carbonyl (C=O) groups is 2. The second-order valence-corrected chi connectivity index (χ2v) is 13.6. The summed E-state index contributed by atoms with van der Waals surface area (Å²) in [7, 11) is -4.61. The van der Waals surface area contributed by atoms with Crippen LogP contribution in [0.25, 0.3) is 0 Å². The molecule has 0 aromatic heterocycles. The molecule has 0 saturated heterocycles. The number of rotatable bonds is 34. The molecular formula is C38H67O10P. The highest BCUT2D eigenvalue weighted by atomic mass is 31.2. The molecule has 11 heteroatoms. The van der Waals surface area contributed by atoms with Gasteiger partial charge in [0.25, 0.3) is 0 Å². The van der Waals surface area contributed by atoms with Gasteiger partial charge in [0.1, 0.15) is 12.2 Å². The van der Waals surface area contributed by atoms with Crippen LogP contribution in [-0.4, -0.2) is 65.7 Å². The minimum absolute atomic E-state index is 0.177. The fourth-order valence-corrected chi connectivity index (χ4v) is 5.48. The van der Waals surface area contributed by atoms with Crippen LogP contribution in [0.2, 0.25) is 0 Å². The van der Waals surface area contributed by atoms with Gasteiger partial charge in [-0.3, -0.25) is 18.6 Å². The van der Waals surface area contributed by atoms with Crippen molar-refractivity contribution in [2.75, 3.05) is 26.4 Å². The predicted octanol–water partition coefficient (Wildman–Crippen LogP) is 8.99. The molecule has 0 spiro atoms. The summed E-state index contributed by atoms with van der Waals surface area (Å²) in [5.74, 6) is -1.05. The SMILES string of the molecule is CC/C=C\C/C=C\C/C=C\C/C=C\CCCCCCCCCCCCC(=O)OC(CO)COP(=O)(O)OCC(CO)OC(=O)CCCCC. The lowest BCUT2D eigenvalue weighted by molar-refractivity contribution is -0.153. The largest absolute Gasteiger partial charge is 0.472 e. The Morgan fingerprint density at radius 2 is 0.959 bits per heavy atom. The molecule has 3 N–H and O–H groups in total. The Morgan fingerprint density at radius 1 is 0.571 bits per heavy atom. The molecule has 0 radical (unpaired) electrons. The second-order valence-electron chi connectivity index (χ2n) is 12.2. The van der Waals surface area contributed by atoms with Crippen molar-refractivity contribution >= 4 is 19.8 Å². The molecule has 0 rings (SSSR count). The van der Waals surface area contributed by atoms with Gasteiger partial charge in [0.2, 0.25) is 0 Å². The second kappa shape index (κ2) is 34.4. The van der Waals surface area contributed by atoms with Crippen LogP contribution in [-0.2, 0) is 32.7 Å². The maximum absolute atomic E-state index is 12.2. The van der Waals surface area contributed by atoms with Crippen molar-refractivity contribution in [2.45, 2.75) is 154 Å². The Bertz CT molecular complexity index is 962. The number of esters is 2. The topological polar surface area (TPSA) is 149 Å². The lowest BCUT2D eigenvalue weighted by atomic mass is 10.0. The molecule has 10 nitrogen and oxygen atoms in total. The highest BCUT2D eigenvalue weighted by Gasteiger charge is 2.27. The van der Waals surface area contributed by atoms with Gasteiger partial charge < -0.3 is 24.6 Å². The van der Waals surface area contributed by atoms with E-state index in [-0.39, 0.29) is 12.8 Å². The van der Waals surface area contributed by atoms with E-state index in [0.29, 0.717) is 12.8 Å². The molecule has 3 unspecified atom stereocenters. The van der Waals surface area contributed by atoms with E-state index in [4.69, 9.17) is 18.5 Å². The minimum Gasteiger partial charge on any atom is -0.457 e. The van der Waals surface area contributed by atoms with E-state index >= 15 is 0 Å². The van der Waals surface area contributed by atoms with E-state index < -0.39 is 58.4 Å². The Kier molecular flexibility index (Phi) is 32.9. The molecule has 0 aliphatic rings. The number of ether oxygens (including phenoxy) is 2. The number of phosphoric ester groups is 1. The van der Waals surface area contributed by atoms with Crippen molar-refractivity contribution in [3.63, 3.8) is 0 Å². The van der Waals surface area contributed by atoms with E-state index in [2.05, 4.69) is 55.5 Å². The van der Waals surface area contributed by atoms with Crippen LogP contribution in [0.1, 0.15) is 142 Å². The first kappa shape index (κ1) is 46.9. The fraction of sp³-hybridized carbons (Fsp3) is 0.737. The zero-order valence-electron chi connectivity index (χ0n) is 30.4. The highest BCUT2D eigenvalue weighted by Crippen LogP contribution is 2.43. The zero-order chi connectivity index (χ0) is 36.3. The Hall–Kier alpha value is -2.07. The van der Waals surface area contributed by atoms with Gasteiger partial charge in [0.05, 0.1) is 26.4 Å². The number of hydrogen-bond acceptors (Lipinski definition) is 9. The summed E-state index contributed by atoms with van der Waals surface area (Å²) in [5.41, 5.74) is 0. The van der Waals surface area contributed by atoms with Crippen LogP contribution in [0.5, 0.6) is 0 Å². The van der Waals surface area contributed by atoms with E-state index in [1.807, 2.05) is 6.92 Å². The van der Waals surface area contributed by atoms with Crippen LogP contribution in [0, 0.1) is 0 Å². The number of hydrogen-bond donors (Lipinski definition) is 3. The van der Waals surface area contributed by atoms with Crippen molar-refractivity contribution < 1.29 is 47.8 Å². The van der Waals surface area contributed by atoms with Crippen molar-refractivity contribution in [1.29, 1.82) is 0 Å². The van der Waals surface area contributed by atoms with Crippen molar-refractivity contribution in [3.05, 3.63) is 48.6 Å². The van der Waals surface area contributed by atoms with Gasteiger partial charge in [-0.2, -0.15) is 0 Å². The number of unbranched alkanes of at least 4 members (excludes halogenated alkanes) is 12. The summed E-state index contributed by atoms with van der Waals surface area (Å²) in [6, 6.07) is 0. The van der Waals surface area contributed by atoms with Crippen molar-refractivity contribution in [2.24, 2.45) is 0 Å². The van der Waals surface area contributed by atoms with Gasteiger partial charge in [0.15, 0.2) is 0 Å². The highest BCUT2D eigenvalue weighted by molar-refractivity contribution is 7.47. The third kappa shape index (κ3) is 32.9. The van der Waals surface area contributed by atoms with Gasteiger partial charge >= 0.3 is 19.8 Å². The first-order chi connectivity index (χ1) is 23.8. The normalized spacial score (nSPS) is 14.6. The maximum Gasteiger partial charge on any atom is 0.472 e. The van der Waals surface area contributed by atoms with E-state index in [0.717, 1.165) is 64.2 Å². The average molecular weight is 715 g/mol. The molecule has 3 atom stereocenters. The third-order valence-electron chi connectivity index (χ3n) is 7.56. The first-order valence-corrected chi connectivity index (χ1v) is 20.1. The molecule has 0 bridgehead atoms. The number of aliphatic hydroxyl groups is 2. The van der Waals surface area contributed by atoms with Gasteiger partial charge in [-0.1, -0.05) is 127 Å².